The number of hydrogen-bond donors (Lipinski definition) is 1. The highest BCUT2D eigenvalue weighted by Crippen LogP contribution is 2.34. The van der Waals surface area contributed by atoms with Crippen LogP contribution in [0.5, 0.6) is 11.5 Å². The minimum atomic E-state index is 0.424. The number of nitrogens with one attached hydrogen (secondary N) is 1. The first-order chi connectivity index (χ1) is 13.2. The Hall–Kier alpha value is -2.04. The van der Waals surface area contributed by atoms with E-state index in [1.807, 2.05) is 6.07 Å². The van der Waals surface area contributed by atoms with Crippen LogP contribution in [0.3, 0.4) is 0 Å². The first-order valence-corrected chi connectivity index (χ1v) is 9.92. The van der Waals surface area contributed by atoms with Crippen molar-refractivity contribution in [2.45, 2.75) is 38.3 Å². The minimum absolute atomic E-state index is 0.424. The standard InChI is InChI=1S/C23H32N2O2/c1-5-20(19-11-12-22(26-3)23(15-19)27-4)21-16-25(14-13-24-21)17(2)18-9-7-6-8-10-18/h6-12,15,17,20-21,24H,5,13-14,16H2,1-4H3. The van der Waals surface area contributed by atoms with E-state index in [1.54, 1.807) is 14.2 Å². The van der Waals surface area contributed by atoms with E-state index >= 15 is 0 Å². The molecule has 3 rings (SSSR count). The Balaban J connectivity index is 1.77. The summed E-state index contributed by atoms with van der Waals surface area (Å²) in [5.74, 6) is 2.03. The van der Waals surface area contributed by atoms with E-state index in [0.29, 0.717) is 18.0 Å². The summed E-state index contributed by atoms with van der Waals surface area (Å²) in [5.41, 5.74) is 2.69. The Labute approximate surface area is 163 Å². The molecule has 0 radical (unpaired) electrons. The third-order valence-electron chi connectivity index (χ3n) is 5.83. The zero-order chi connectivity index (χ0) is 19.2. The Morgan fingerprint density at radius 3 is 2.44 bits per heavy atom. The molecule has 27 heavy (non-hydrogen) atoms. The molecule has 1 heterocycles. The maximum atomic E-state index is 5.52. The van der Waals surface area contributed by atoms with E-state index in [1.165, 1.54) is 11.1 Å². The van der Waals surface area contributed by atoms with Crippen LogP contribution in [0.1, 0.15) is 43.4 Å². The molecule has 0 aromatic heterocycles. The molecule has 3 atom stereocenters. The number of rotatable bonds is 7. The topological polar surface area (TPSA) is 33.7 Å². The summed E-state index contributed by atoms with van der Waals surface area (Å²) in [6.07, 6.45) is 1.08. The van der Waals surface area contributed by atoms with Crippen molar-refractivity contribution in [3.05, 3.63) is 59.7 Å². The molecule has 1 aliphatic rings. The van der Waals surface area contributed by atoms with Crippen molar-refractivity contribution in [2.75, 3.05) is 33.9 Å². The van der Waals surface area contributed by atoms with Crippen LogP contribution in [-0.4, -0.2) is 44.8 Å². The zero-order valence-electron chi connectivity index (χ0n) is 16.9. The molecule has 0 aliphatic carbocycles. The van der Waals surface area contributed by atoms with Gasteiger partial charge < -0.3 is 14.8 Å². The van der Waals surface area contributed by atoms with E-state index in [-0.39, 0.29) is 0 Å². The first kappa shape index (κ1) is 19.7. The molecule has 2 aromatic carbocycles. The molecule has 2 aromatic rings. The van der Waals surface area contributed by atoms with Crippen molar-refractivity contribution in [3.8, 4) is 11.5 Å². The molecule has 1 saturated heterocycles. The molecule has 0 spiro atoms. The number of benzene rings is 2. The van der Waals surface area contributed by atoms with Gasteiger partial charge in [-0.2, -0.15) is 0 Å². The van der Waals surface area contributed by atoms with Crippen LogP contribution in [0.25, 0.3) is 0 Å². The fourth-order valence-corrected chi connectivity index (χ4v) is 4.20. The van der Waals surface area contributed by atoms with Gasteiger partial charge in [0.2, 0.25) is 0 Å². The molecule has 0 amide bonds. The Kier molecular flexibility index (Phi) is 6.75. The highest BCUT2D eigenvalue weighted by atomic mass is 16.5. The normalized spacial score (nSPS) is 20.1. The van der Waals surface area contributed by atoms with E-state index in [2.05, 4.69) is 66.5 Å². The van der Waals surface area contributed by atoms with Gasteiger partial charge in [-0.15, -0.1) is 0 Å². The lowest BCUT2D eigenvalue weighted by molar-refractivity contribution is 0.140. The molecular weight excluding hydrogens is 336 g/mol. The number of methoxy groups -OCH3 is 2. The van der Waals surface area contributed by atoms with Crippen LogP contribution < -0.4 is 14.8 Å². The predicted octanol–water partition coefficient (Wildman–Crippen LogP) is 4.23. The third kappa shape index (κ3) is 4.45. The largest absolute Gasteiger partial charge is 0.493 e. The second kappa shape index (κ2) is 9.25. The molecule has 3 unspecified atom stereocenters. The molecule has 1 aliphatic heterocycles. The predicted molar refractivity (Wildman–Crippen MR) is 111 cm³/mol. The van der Waals surface area contributed by atoms with Crippen LogP contribution >= 0.6 is 0 Å². The maximum absolute atomic E-state index is 5.52. The van der Waals surface area contributed by atoms with Crippen molar-refractivity contribution >= 4 is 0 Å². The quantitative estimate of drug-likeness (QED) is 0.793. The van der Waals surface area contributed by atoms with Crippen LogP contribution in [0.15, 0.2) is 48.5 Å². The lowest BCUT2D eigenvalue weighted by Gasteiger charge is -2.41. The molecule has 1 N–H and O–H groups in total. The van der Waals surface area contributed by atoms with Crippen molar-refractivity contribution < 1.29 is 9.47 Å². The van der Waals surface area contributed by atoms with Crippen molar-refractivity contribution in [2.24, 2.45) is 0 Å². The van der Waals surface area contributed by atoms with Crippen LogP contribution in [0, 0.1) is 0 Å². The highest BCUT2D eigenvalue weighted by molar-refractivity contribution is 5.44. The molecule has 0 bridgehead atoms. The number of nitrogens with zero attached hydrogens (tertiary/aromatic N) is 1. The zero-order valence-corrected chi connectivity index (χ0v) is 16.9. The van der Waals surface area contributed by atoms with Gasteiger partial charge in [0.15, 0.2) is 11.5 Å². The SMILES string of the molecule is CCC(c1ccc(OC)c(OC)c1)C1CN(C(C)c2ccccc2)CCN1. The second-order valence-corrected chi connectivity index (χ2v) is 7.27. The van der Waals surface area contributed by atoms with E-state index < -0.39 is 0 Å². The Morgan fingerprint density at radius 2 is 1.78 bits per heavy atom. The minimum Gasteiger partial charge on any atom is -0.493 e. The monoisotopic (exact) mass is 368 g/mol. The molecule has 146 valence electrons. The van der Waals surface area contributed by atoms with Gasteiger partial charge >= 0.3 is 0 Å². The lowest BCUT2D eigenvalue weighted by Crippen LogP contribution is -2.53. The molecule has 4 heteroatoms. The summed E-state index contributed by atoms with van der Waals surface area (Å²) in [5, 5.41) is 3.76. The first-order valence-electron chi connectivity index (χ1n) is 9.92. The fourth-order valence-electron chi connectivity index (χ4n) is 4.20. The summed E-state index contributed by atoms with van der Waals surface area (Å²) in [6, 6.07) is 18.0. The molecule has 1 fully saturated rings. The summed E-state index contributed by atoms with van der Waals surface area (Å²) >= 11 is 0. The van der Waals surface area contributed by atoms with Crippen molar-refractivity contribution in [1.29, 1.82) is 0 Å². The van der Waals surface area contributed by atoms with Gasteiger partial charge in [-0.25, -0.2) is 0 Å². The molecular formula is C23H32N2O2. The van der Waals surface area contributed by atoms with Gasteiger partial charge in [-0.1, -0.05) is 43.3 Å². The van der Waals surface area contributed by atoms with Gasteiger partial charge in [-0.05, 0) is 36.6 Å². The second-order valence-electron chi connectivity index (χ2n) is 7.27. The van der Waals surface area contributed by atoms with Gasteiger partial charge in [0.05, 0.1) is 14.2 Å². The Bertz CT molecular complexity index is 720. The van der Waals surface area contributed by atoms with Crippen LogP contribution in [-0.2, 0) is 0 Å². The average molecular weight is 369 g/mol. The summed E-state index contributed by atoms with van der Waals surface area (Å²) in [4.78, 5) is 2.60. The smallest absolute Gasteiger partial charge is 0.160 e. The van der Waals surface area contributed by atoms with Gasteiger partial charge in [0, 0.05) is 37.6 Å². The van der Waals surface area contributed by atoms with E-state index in [0.717, 1.165) is 37.6 Å². The van der Waals surface area contributed by atoms with Gasteiger partial charge in [0.1, 0.15) is 0 Å². The average Bonchev–Trinajstić information content (AvgIpc) is 2.74. The number of ether oxygens (including phenoxy) is 2. The third-order valence-corrected chi connectivity index (χ3v) is 5.83. The summed E-state index contributed by atoms with van der Waals surface area (Å²) in [6.45, 7) is 7.72. The van der Waals surface area contributed by atoms with E-state index in [4.69, 9.17) is 9.47 Å². The van der Waals surface area contributed by atoms with Gasteiger partial charge in [0.25, 0.3) is 0 Å². The van der Waals surface area contributed by atoms with Crippen LogP contribution in [0.4, 0.5) is 0 Å². The number of piperazine rings is 1. The maximum Gasteiger partial charge on any atom is 0.160 e. The number of hydrogen-bond acceptors (Lipinski definition) is 4. The molecule has 4 nitrogen and oxygen atoms in total. The van der Waals surface area contributed by atoms with Crippen molar-refractivity contribution in [1.82, 2.24) is 10.2 Å². The van der Waals surface area contributed by atoms with Gasteiger partial charge in [-0.3, -0.25) is 4.90 Å². The lowest BCUT2D eigenvalue weighted by atomic mass is 9.87. The van der Waals surface area contributed by atoms with E-state index in [9.17, 15) is 0 Å². The highest BCUT2D eigenvalue weighted by Gasteiger charge is 2.30. The van der Waals surface area contributed by atoms with Crippen LogP contribution in [0.2, 0.25) is 0 Å². The summed E-state index contributed by atoms with van der Waals surface area (Å²) < 4.78 is 10.9. The van der Waals surface area contributed by atoms with Crippen molar-refractivity contribution in [3.63, 3.8) is 0 Å². The fraction of sp³-hybridized carbons (Fsp3) is 0.478. The Morgan fingerprint density at radius 1 is 1.04 bits per heavy atom. The molecule has 0 saturated carbocycles. The summed E-state index contributed by atoms with van der Waals surface area (Å²) in [7, 11) is 3.38.